The van der Waals surface area contributed by atoms with Crippen molar-refractivity contribution in [2.45, 2.75) is 27.3 Å². The third kappa shape index (κ3) is 4.91. The maximum Gasteiger partial charge on any atom is 0.340 e. The largest absolute Gasteiger partial charge is 0.462 e. The number of ether oxygens (including phenoxy) is 1. The van der Waals surface area contributed by atoms with Crippen molar-refractivity contribution in [3.63, 3.8) is 0 Å². The van der Waals surface area contributed by atoms with Crippen LogP contribution in [0.2, 0.25) is 0 Å². The molecule has 0 atom stereocenters. The topological polar surface area (TPSA) is 62.7 Å². The molecule has 1 aliphatic rings. The smallest absolute Gasteiger partial charge is 0.340 e. The number of hydrogen-bond acceptors (Lipinski definition) is 5. The average molecular weight is 446 g/mol. The summed E-state index contributed by atoms with van der Waals surface area (Å²) in [4.78, 5) is 34.7. The maximum atomic E-state index is 13.2. The van der Waals surface area contributed by atoms with E-state index in [2.05, 4.69) is 4.90 Å². The molecular weight excluding hydrogens is 414 g/mol. The van der Waals surface area contributed by atoms with Crippen molar-refractivity contribution < 1.29 is 14.3 Å². The zero-order chi connectivity index (χ0) is 23.4. The summed E-state index contributed by atoms with van der Waals surface area (Å²) in [5.41, 5.74) is 3.93. The Balaban J connectivity index is 1.74. The van der Waals surface area contributed by atoms with Gasteiger partial charge >= 0.3 is 5.97 Å². The van der Waals surface area contributed by atoms with Crippen LogP contribution in [0.3, 0.4) is 0 Å². The maximum absolute atomic E-state index is 13.2. The van der Waals surface area contributed by atoms with E-state index in [-0.39, 0.29) is 17.8 Å². The molecule has 1 aliphatic heterocycles. The molecule has 2 heterocycles. The molecule has 1 saturated heterocycles. The second kappa shape index (κ2) is 10.1. The quantitative estimate of drug-likeness (QED) is 0.527. The Kier molecular flexibility index (Phi) is 7.04. The lowest BCUT2D eigenvalue weighted by Gasteiger charge is -2.35. The fourth-order valence-corrected chi connectivity index (χ4v) is 4.41. The van der Waals surface area contributed by atoms with E-state index >= 15 is 0 Å². The van der Waals surface area contributed by atoms with E-state index in [4.69, 9.17) is 9.72 Å². The third-order valence-electron chi connectivity index (χ3n) is 6.06. The van der Waals surface area contributed by atoms with E-state index in [0.717, 1.165) is 40.8 Å². The number of pyridine rings is 1. The molecule has 4 rings (SSSR count). The molecule has 6 nitrogen and oxygen atoms in total. The zero-order valence-corrected chi connectivity index (χ0v) is 19.6. The highest BCUT2D eigenvalue weighted by molar-refractivity contribution is 6.07. The summed E-state index contributed by atoms with van der Waals surface area (Å²) in [5.74, 6) is -0.155. The molecule has 0 spiro atoms. The number of amides is 1. The minimum atomic E-state index is -0.349. The summed E-state index contributed by atoms with van der Waals surface area (Å²) in [6.45, 7) is 9.38. The third-order valence-corrected chi connectivity index (χ3v) is 6.06. The highest BCUT2D eigenvalue weighted by Crippen LogP contribution is 2.34. The van der Waals surface area contributed by atoms with Crippen LogP contribution in [0.1, 0.15) is 36.8 Å². The Hall–Kier alpha value is -3.25. The van der Waals surface area contributed by atoms with Gasteiger partial charge in [-0.1, -0.05) is 62.4 Å². The van der Waals surface area contributed by atoms with Gasteiger partial charge in [0.05, 0.1) is 23.4 Å². The lowest BCUT2D eigenvalue weighted by molar-refractivity contribution is -0.136. The van der Waals surface area contributed by atoms with Crippen molar-refractivity contribution in [1.29, 1.82) is 0 Å². The van der Waals surface area contributed by atoms with E-state index in [1.807, 2.05) is 80.3 Å². The molecule has 1 amide bonds. The standard InChI is InChI=1S/C27H31N3O3/c1-4-33-27(32)25-23(18-29-14-16-30(17-15-29)26(31)19(2)3)28-22-13-9-8-12-21(22)24(25)20-10-6-5-7-11-20/h5-13,19H,4,14-18H2,1-3H3. The Morgan fingerprint density at radius 3 is 2.30 bits per heavy atom. The molecule has 0 unspecified atom stereocenters. The van der Waals surface area contributed by atoms with Crippen molar-refractivity contribution in [2.75, 3.05) is 32.8 Å². The monoisotopic (exact) mass is 445 g/mol. The highest BCUT2D eigenvalue weighted by atomic mass is 16.5. The number of fused-ring (bicyclic) bond motifs is 1. The fraction of sp³-hybridized carbons (Fsp3) is 0.370. The summed E-state index contributed by atoms with van der Waals surface area (Å²) >= 11 is 0. The number of aromatic nitrogens is 1. The van der Waals surface area contributed by atoms with Crippen LogP contribution in [-0.4, -0.2) is 59.4 Å². The molecule has 0 bridgehead atoms. The summed E-state index contributed by atoms with van der Waals surface area (Å²) < 4.78 is 5.49. The van der Waals surface area contributed by atoms with E-state index in [1.54, 1.807) is 0 Å². The summed E-state index contributed by atoms with van der Waals surface area (Å²) in [7, 11) is 0. The predicted octanol–water partition coefficient (Wildman–Crippen LogP) is 4.38. The van der Waals surface area contributed by atoms with E-state index in [0.29, 0.717) is 31.8 Å². The van der Waals surface area contributed by atoms with Gasteiger partial charge in [-0.2, -0.15) is 0 Å². The number of carbonyl (C=O) groups is 2. The number of nitrogens with zero attached hydrogens (tertiary/aromatic N) is 3. The molecule has 0 aliphatic carbocycles. The number of benzene rings is 2. The fourth-order valence-electron chi connectivity index (χ4n) is 4.41. The van der Waals surface area contributed by atoms with Crippen molar-refractivity contribution in [3.05, 3.63) is 65.9 Å². The average Bonchev–Trinajstić information content (AvgIpc) is 2.84. The van der Waals surface area contributed by atoms with Crippen molar-refractivity contribution in [3.8, 4) is 11.1 Å². The van der Waals surface area contributed by atoms with Gasteiger partial charge in [-0.25, -0.2) is 4.79 Å². The SMILES string of the molecule is CCOC(=O)c1c(CN2CCN(C(=O)C(C)C)CC2)nc2ccccc2c1-c1ccccc1. The van der Waals surface area contributed by atoms with E-state index < -0.39 is 0 Å². The Bertz CT molecular complexity index is 1140. The van der Waals surface area contributed by atoms with Gasteiger partial charge in [0.25, 0.3) is 0 Å². The molecule has 0 saturated carbocycles. The molecule has 172 valence electrons. The lowest BCUT2D eigenvalue weighted by atomic mass is 9.93. The lowest BCUT2D eigenvalue weighted by Crippen LogP contribution is -2.49. The first-order chi connectivity index (χ1) is 16.0. The van der Waals surface area contributed by atoms with Crippen molar-refractivity contribution >= 4 is 22.8 Å². The number of rotatable bonds is 6. The molecular formula is C27H31N3O3. The summed E-state index contributed by atoms with van der Waals surface area (Å²) in [5, 5.41) is 0.933. The zero-order valence-electron chi connectivity index (χ0n) is 19.6. The molecule has 6 heteroatoms. The molecule has 0 radical (unpaired) electrons. The van der Waals surface area contributed by atoms with E-state index in [1.165, 1.54) is 0 Å². The first-order valence-corrected chi connectivity index (χ1v) is 11.6. The minimum absolute atomic E-state index is 0.00236. The number of hydrogen-bond donors (Lipinski definition) is 0. The number of para-hydroxylation sites is 1. The Morgan fingerprint density at radius 2 is 1.64 bits per heavy atom. The van der Waals surface area contributed by atoms with Crippen LogP contribution < -0.4 is 0 Å². The van der Waals surface area contributed by atoms with Crippen LogP contribution >= 0.6 is 0 Å². The molecule has 0 N–H and O–H groups in total. The number of esters is 1. The van der Waals surface area contributed by atoms with Gasteiger partial charge in [0.2, 0.25) is 5.91 Å². The molecule has 2 aromatic carbocycles. The van der Waals surface area contributed by atoms with Gasteiger partial charge in [-0.3, -0.25) is 14.7 Å². The van der Waals surface area contributed by atoms with Crippen LogP contribution in [0.25, 0.3) is 22.0 Å². The van der Waals surface area contributed by atoms with Crippen molar-refractivity contribution in [2.24, 2.45) is 5.92 Å². The first-order valence-electron chi connectivity index (χ1n) is 11.6. The number of carbonyl (C=O) groups excluding carboxylic acids is 2. The van der Waals surface area contributed by atoms with Crippen LogP contribution in [0.15, 0.2) is 54.6 Å². The first kappa shape index (κ1) is 22.9. The second-order valence-electron chi connectivity index (χ2n) is 8.67. The van der Waals surface area contributed by atoms with Crippen LogP contribution in [0.4, 0.5) is 0 Å². The van der Waals surface area contributed by atoms with Gasteiger partial charge < -0.3 is 9.64 Å². The molecule has 3 aromatic rings. The molecule has 1 fully saturated rings. The van der Waals surface area contributed by atoms with Crippen LogP contribution in [0.5, 0.6) is 0 Å². The van der Waals surface area contributed by atoms with Gasteiger partial charge in [-0.05, 0) is 18.6 Å². The Morgan fingerprint density at radius 1 is 0.970 bits per heavy atom. The molecule has 33 heavy (non-hydrogen) atoms. The van der Waals surface area contributed by atoms with Crippen molar-refractivity contribution in [1.82, 2.24) is 14.8 Å². The van der Waals surface area contributed by atoms with Crippen LogP contribution in [-0.2, 0) is 16.1 Å². The van der Waals surface area contributed by atoms with Crippen LogP contribution in [0, 0.1) is 5.92 Å². The minimum Gasteiger partial charge on any atom is -0.462 e. The Labute approximate surface area is 195 Å². The second-order valence-corrected chi connectivity index (χ2v) is 8.67. The van der Waals surface area contributed by atoms with Gasteiger partial charge in [0, 0.05) is 49.6 Å². The van der Waals surface area contributed by atoms with E-state index in [9.17, 15) is 9.59 Å². The number of piperazine rings is 1. The van der Waals surface area contributed by atoms with Gasteiger partial charge in [0.15, 0.2) is 0 Å². The highest BCUT2D eigenvalue weighted by Gasteiger charge is 2.27. The van der Waals surface area contributed by atoms with Gasteiger partial charge in [-0.15, -0.1) is 0 Å². The summed E-state index contributed by atoms with van der Waals surface area (Å²) in [6, 6.07) is 17.9. The molecule has 1 aromatic heterocycles. The predicted molar refractivity (Wildman–Crippen MR) is 130 cm³/mol. The van der Waals surface area contributed by atoms with Gasteiger partial charge in [0.1, 0.15) is 0 Å². The summed E-state index contributed by atoms with van der Waals surface area (Å²) in [6.07, 6.45) is 0. The normalized spacial score (nSPS) is 14.6.